The SMILES string of the molecule is C[C@]12CCC(=O)C=C1CC[C@@H]1[C@@H]2[C@@H](O)C[C@@]2(C)[C@H]1CC[C@]2(O)C(=O)COC(=O)CCC(=O)NCC1CCCCC1. The summed E-state index contributed by atoms with van der Waals surface area (Å²) in [6.45, 7) is 4.20. The molecule has 3 N–H and O–H groups in total. The molecule has 222 valence electrons. The summed E-state index contributed by atoms with van der Waals surface area (Å²) < 4.78 is 5.25. The summed E-state index contributed by atoms with van der Waals surface area (Å²) >= 11 is 0. The minimum Gasteiger partial charge on any atom is -0.458 e. The summed E-state index contributed by atoms with van der Waals surface area (Å²) in [5.41, 5.74) is -1.59. The largest absolute Gasteiger partial charge is 0.458 e. The van der Waals surface area contributed by atoms with Gasteiger partial charge >= 0.3 is 5.97 Å². The number of hydrogen-bond acceptors (Lipinski definition) is 7. The van der Waals surface area contributed by atoms with E-state index in [4.69, 9.17) is 4.74 Å². The van der Waals surface area contributed by atoms with E-state index < -0.39 is 35.5 Å². The second-order valence-corrected chi connectivity index (χ2v) is 13.9. The fraction of sp³-hybridized carbons (Fsp3) is 0.812. The molecule has 0 saturated heterocycles. The molecule has 0 bridgehead atoms. The lowest BCUT2D eigenvalue weighted by Gasteiger charge is -2.60. The predicted molar refractivity (Wildman–Crippen MR) is 148 cm³/mol. The van der Waals surface area contributed by atoms with Crippen LogP contribution >= 0.6 is 0 Å². The van der Waals surface area contributed by atoms with Crippen LogP contribution in [0.2, 0.25) is 0 Å². The Morgan fingerprint density at radius 2 is 1.77 bits per heavy atom. The zero-order valence-corrected chi connectivity index (χ0v) is 24.2. The number of aliphatic hydroxyl groups is 2. The normalized spacial score (nSPS) is 39.4. The molecule has 1 amide bonds. The lowest BCUT2D eigenvalue weighted by Crippen LogP contribution is -2.62. The molecule has 8 heteroatoms. The second kappa shape index (κ2) is 11.3. The number of carbonyl (C=O) groups excluding carboxylic acids is 4. The summed E-state index contributed by atoms with van der Waals surface area (Å²) in [7, 11) is 0. The van der Waals surface area contributed by atoms with Crippen molar-refractivity contribution in [2.45, 2.75) is 115 Å². The average molecular weight is 558 g/mol. The van der Waals surface area contributed by atoms with Crippen LogP contribution in [-0.2, 0) is 23.9 Å². The maximum absolute atomic E-state index is 13.4. The monoisotopic (exact) mass is 557 g/mol. The summed E-state index contributed by atoms with van der Waals surface area (Å²) in [5, 5.41) is 26.2. The quantitative estimate of drug-likeness (QED) is 0.387. The minimum atomic E-state index is -1.68. The molecule has 5 rings (SSSR count). The molecule has 0 spiro atoms. The molecule has 0 radical (unpaired) electrons. The van der Waals surface area contributed by atoms with Gasteiger partial charge in [-0.25, -0.2) is 0 Å². The molecule has 0 aromatic carbocycles. The topological polar surface area (TPSA) is 130 Å². The van der Waals surface area contributed by atoms with Gasteiger partial charge < -0.3 is 20.3 Å². The molecule has 4 fully saturated rings. The summed E-state index contributed by atoms with van der Waals surface area (Å²) in [4.78, 5) is 50.1. The number of nitrogens with one attached hydrogen (secondary N) is 1. The highest BCUT2D eigenvalue weighted by Gasteiger charge is 2.68. The van der Waals surface area contributed by atoms with E-state index in [1.54, 1.807) is 6.08 Å². The van der Waals surface area contributed by atoms with Crippen LogP contribution in [0.1, 0.15) is 104 Å². The van der Waals surface area contributed by atoms with Gasteiger partial charge in [0, 0.05) is 24.8 Å². The number of esters is 1. The number of allylic oxidation sites excluding steroid dienone is 1. The van der Waals surface area contributed by atoms with Gasteiger partial charge in [-0.15, -0.1) is 0 Å². The van der Waals surface area contributed by atoms with Crippen LogP contribution in [0.25, 0.3) is 0 Å². The maximum Gasteiger partial charge on any atom is 0.306 e. The molecule has 8 nitrogen and oxygen atoms in total. The first-order chi connectivity index (χ1) is 19.0. The van der Waals surface area contributed by atoms with Crippen molar-refractivity contribution >= 4 is 23.4 Å². The first-order valence-corrected chi connectivity index (χ1v) is 15.6. The Balaban J connectivity index is 1.16. The van der Waals surface area contributed by atoms with Crippen LogP contribution in [0.5, 0.6) is 0 Å². The number of hydrogen-bond donors (Lipinski definition) is 3. The highest BCUT2D eigenvalue weighted by Crippen LogP contribution is 2.67. The molecule has 4 saturated carbocycles. The number of ether oxygens (including phenoxy) is 1. The Morgan fingerprint density at radius 1 is 1.02 bits per heavy atom. The highest BCUT2D eigenvalue weighted by atomic mass is 16.5. The van der Waals surface area contributed by atoms with Crippen LogP contribution in [-0.4, -0.2) is 58.5 Å². The maximum atomic E-state index is 13.4. The number of aliphatic hydroxyl groups excluding tert-OH is 1. The van der Waals surface area contributed by atoms with Crippen molar-refractivity contribution in [1.82, 2.24) is 5.32 Å². The third-order valence-electron chi connectivity index (χ3n) is 11.7. The van der Waals surface area contributed by atoms with Crippen molar-refractivity contribution in [3.63, 3.8) is 0 Å². The highest BCUT2D eigenvalue weighted by molar-refractivity contribution is 5.92. The van der Waals surface area contributed by atoms with Crippen molar-refractivity contribution in [1.29, 1.82) is 0 Å². The van der Waals surface area contributed by atoms with E-state index in [-0.39, 0.29) is 54.1 Å². The van der Waals surface area contributed by atoms with Gasteiger partial charge in [0.15, 0.2) is 12.4 Å². The summed E-state index contributed by atoms with van der Waals surface area (Å²) in [6.07, 6.45) is 11.0. The Kier molecular flexibility index (Phi) is 8.33. The fourth-order valence-corrected chi connectivity index (χ4v) is 9.44. The second-order valence-electron chi connectivity index (χ2n) is 13.9. The van der Waals surface area contributed by atoms with E-state index in [9.17, 15) is 29.4 Å². The van der Waals surface area contributed by atoms with Crippen LogP contribution in [0, 0.1) is 34.5 Å². The Morgan fingerprint density at radius 3 is 2.52 bits per heavy atom. The predicted octanol–water partition coefficient (Wildman–Crippen LogP) is 3.81. The van der Waals surface area contributed by atoms with Gasteiger partial charge in [0.05, 0.1) is 12.5 Å². The van der Waals surface area contributed by atoms with Crippen molar-refractivity contribution in [2.24, 2.45) is 34.5 Å². The molecule has 5 aliphatic rings. The molecular formula is C32H47NO7. The van der Waals surface area contributed by atoms with Gasteiger partial charge in [-0.1, -0.05) is 38.7 Å². The van der Waals surface area contributed by atoms with Crippen molar-refractivity contribution < 1.29 is 34.1 Å². The van der Waals surface area contributed by atoms with Crippen molar-refractivity contribution in [3.8, 4) is 0 Å². The summed E-state index contributed by atoms with van der Waals surface area (Å²) in [5.74, 6) is -0.450. The average Bonchev–Trinajstić information content (AvgIpc) is 3.20. The zero-order chi connectivity index (χ0) is 28.7. The van der Waals surface area contributed by atoms with E-state index in [1.807, 2.05) is 6.92 Å². The van der Waals surface area contributed by atoms with E-state index in [0.29, 0.717) is 31.7 Å². The first kappa shape index (κ1) is 29.4. The van der Waals surface area contributed by atoms with Gasteiger partial charge in [-0.05, 0) is 86.5 Å². The molecular weight excluding hydrogens is 510 g/mol. The standard InChI is InChI=1S/C32H47NO7/c1-30-14-12-22(34)16-21(30)8-9-23-24-13-15-32(39,31(24,2)17-25(35)29(23)30)26(36)19-40-28(38)11-10-27(37)33-18-20-6-4-3-5-7-20/h16,20,23-25,29,35,39H,3-15,17-19H2,1-2H3,(H,33,37)/t23-,24-,25-,29+,30-,31-,32-/m0/s1. The van der Waals surface area contributed by atoms with Gasteiger partial charge in [0.25, 0.3) is 0 Å². The third kappa shape index (κ3) is 5.19. The molecule has 0 heterocycles. The fourth-order valence-electron chi connectivity index (χ4n) is 9.44. The molecule has 7 atom stereocenters. The van der Waals surface area contributed by atoms with E-state index in [0.717, 1.165) is 37.7 Å². The summed E-state index contributed by atoms with van der Waals surface area (Å²) in [6, 6.07) is 0. The number of Topliss-reactive ketones (excluding diaryl/α,β-unsaturated/α-hetero) is 1. The molecule has 5 aliphatic carbocycles. The van der Waals surface area contributed by atoms with Gasteiger partial charge in [-0.3, -0.25) is 19.2 Å². The van der Waals surface area contributed by atoms with E-state index in [1.165, 1.54) is 19.3 Å². The molecule has 0 unspecified atom stereocenters. The lowest BCUT2D eigenvalue weighted by molar-refractivity contribution is -0.184. The number of amides is 1. The number of rotatable bonds is 8. The van der Waals surface area contributed by atoms with Gasteiger partial charge in [-0.2, -0.15) is 0 Å². The van der Waals surface area contributed by atoms with Gasteiger partial charge in [0.1, 0.15) is 5.60 Å². The van der Waals surface area contributed by atoms with E-state index >= 15 is 0 Å². The van der Waals surface area contributed by atoms with Crippen LogP contribution < -0.4 is 5.32 Å². The lowest BCUT2D eigenvalue weighted by atomic mass is 9.45. The van der Waals surface area contributed by atoms with Gasteiger partial charge in [0.2, 0.25) is 11.7 Å². The Labute approximate surface area is 237 Å². The molecule has 0 aliphatic heterocycles. The van der Waals surface area contributed by atoms with Crippen molar-refractivity contribution in [3.05, 3.63) is 11.6 Å². The Hall–Kier alpha value is -2.06. The van der Waals surface area contributed by atoms with Crippen LogP contribution in [0.3, 0.4) is 0 Å². The molecule has 0 aromatic rings. The third-order valence-corrected chi connectivity index (χ3v) is 11.7. The number of carbonyl (C=O) groups is 4. The Bertz CT molecular complexity index is 1060. The molecule has 40 heavy (non-hydrogen) atoms. The first-order valence-electron chi connectivity index (χ1n) is 15.6. The van der Waals surface area contributed by atoms with Crippen molar-refractivity contribution in [2.75, 3.05) is 13.2 Å². The smallest absolute Gasteiger partial charge is 0.306 e. The minimum absolute atomic E-state index is 0.00165. The number of ketones is 2. The zero-order valence-electron chi connectivity index (χ0n) is 24.2. The van der Waals surface area contributed by atoms with Crippen LogP contribution in [0.4, 0.5) is 0 Å². The van der Waals surface area contributed by atoms with E-state index in [2.05, 4.69) is 12.2 Å². The molecule has 0 aromatic heterocycles. The number of fused-ring (bicyclic) bond motifs is 5. The van der Waals surface area contributed by atoms with Crippen LogP contribution in [0.15, 0.2) is 11.6 Å².